The Balaban J connectivity index is 2.28. The quantitative estimate of drug-likeness (QED) is 0.905. The van der Waals surface area contributed by atoms with Crippen LogP contribution in [0.1, 0.15) is 6.42 Å². The minimum Gasteiger partial charge on any atom is -0.396 e. The van der Waals surface area contributed by atoms with E-state index in [0.717, 1.165) is 16.6 Å². The molecule has 1 aromatic carbocycles. The van der Waals surface area contributed by atoms with Crippen molar-refractivity contribution in [2.24, 2.45) is 0 Å². The van der Waals surface area contributed by atoms with E-state index < -0.39 is 0 Å². The second kappa shape index (κ2) is 4.76. The predicted molar refractivity (Wildman–Crippen MR) is 68.8 cm³/mol. The van der Waals surface area contributed by atoms with Crippen molar-refractivity contribution < 1.29 is 5.11 Å². The van der Waals surface area contributed by atoms with Gasteiger partial charge in [-0.2, -0.15) is 0 Å². The normalized spacial score (nSPS) is 20.2. The van der Waals surface area contributed by atoms with Gasteiger partial charge < -0.3 is 10.0 Å². The van der Waals surface area contributed by atoms with Crippen molar-refractivity contribution in [3.05, 3.63) is 22.7 Å². The van der Waals surface area contributed by atoms with E-state index in [2.05, 4.69) is 46.1 Å². The second-order valence-corrected chi connectivity index (χ2v) is 5.68. The number of hydrogen-bond donors (Lipinski definition) is 1. The van der Waals surface area contributed by atoms with Crippen LogP contribution in [0.5, 0.6) is 0 Å². The Morgan fingerprint density at radius 3 is 3.13 bits per heavy atom. The molecule has 0 bridgehead atoms. The van der Waals surface area contributed by atoms with Gasteiger partial charge in [-0.05, 0) is 24.6 Å². The Bertz CT molecular complexity index is 358. The highest BCUT2D eigenvalue weighted by molar-refractivity contribution is 9.10. The molecule has 1 N–H and O–H groups in total. The molecule has 1 aromatic rings. The highest BCUT2D eigenvalue weighted by Crippen LogP contribution is 2.38. The van der Waals surface area contributed by atoms with E-state index in [-0.39, 0.29) is 6.61 Å². The molecule has 0 saturated carbocycles. The third kappa shape index (κ3) is 2.32. The Morgan fingerprint density at radius 2 is 2.40 bits per heavy atom. The van der Waals surface area contributed by atoms with Gasteiger partial charge in [0.1, 0.15) is 0 Å². The SMILES string of the molecule is CN1c2cc(Br)ccc2SCC1CCO. The van der Waals surface area contributed by atoms with Gasteiger partial charge in [0.2, 0.25) is 0 Å². The van der Waals surface area contributed by atoms with Crippen molar-refractivity contribution >= 4 is 33.4 Å². The van der Waals surface area contributed by atoms with Gasteiger partial charge in [-0.25, -0.2) is 0 Å². The zero-order valence-corrected chi connectivity index (χ0v) is 11.0. The number of rotatable bonds is 2. The summed E-state index contributed by atoms with van der Waals surface area (Å²) >= 11 is 5.37. The van der Waals surface area contributed by atoms with Crippen molar-refractivity contribution in [1.29, 1.82) is 0 Å². The molecule has 0 radical (unpaired) electrons. The molecule has 1 aliphatic rings. The number of fused-ring (bicyclic) bond motifs is 1. The minimum atomic E-state index is 0.263. The van der Waals surface area contributed by atoms with E-state index in [9.17, 15) is 0 Å². The van der Waals surface area contributed by atoms with E-state index in [1.165, 1.54) is 10.6 Å². The summed E-state index contributed by atoms with van der Waals surface area (Å²) in [6.07, 6.45) is 0.843. The molecule has 0 spiro atoms. The molecule has 1 atom stereocenters. The van der Waals surface area contributed by atoms with Crippen molar-refractivity contribution in [2.75, 3.05) is 24.3 Å². The van der Waals surface area contributed by atoms with E-state index in [1.807, 2.05) is 11.8 Å². The molecule has 0 aliphatic carbocycles. The summed E-state index contributed by atoms with van der Waals surface area (Å²) in [4.78, 5) is 3.60. The van der Waals surface area contributed by atoms with E-state index >= 15 is 0 Å². The molecule has 0 fully saturated rings. The summed E-state index contributed by atoms with van der Waals surface area (Å²) in [5.41, 5.74) is 1.26. The number of hydrogen-bond acceptors (Lipinski definition) is 3. The van der Waals surface area contributed by atoms with Crippen LogP contribution in [-0.4, -0.2) is 30.6 Å². The first-order chi connectivity index (χ1) is 7.22. The van der Waals surface area contributed by atoms with E-state index in [0.29, 0.717) is 6.04 Å². The first-order valence-corrected chi connectivity index (χ1v) is 6.76. The minimum absolute atomic E-state index is 0.263. The first-order valence-electron chi connectivity index (χ1n) is 4.98. The van der Waals surface area contributed by atoms with Gasteiger partial charge in [0.15, 0.2) is 0 Å². The number of anilines is 1. The predicted octanol–water partition coefficient (Wildman–Crippen LogP) is 2.74. The highest BCUT2D eigenvalue weighted by Gasteiger charge is 2.23. The molecule has 1 unspecified atom stereocenters. The van der Waals surface area contributed by atoms with Crippen LogP contribution in [0.4, 0.5) is 5.69 Å². The van der Waals surface area contributed by atoms with Crippen molar-refractivity contribution in [3.8, 4) is 0 Å². The molecule has 15 heavy (non-hydrogen) atoms. The third-order valence-electron chi connectivity index (χ3n) is 2.74. The lowest BCUT2D eigenvalue weighted by molar-refractivity contribution is 0.278. The zero-order valence-electron chi connectivity index (χ0n) is 8.61. The van der Waals surface area contributed by atoms with Gasteiger partial charge in [0.25, 0.3) is 0 Å². The number of aliphatic hydroxyl groups excluding tert-OH is 1. The van der Waals surface area contributed by atoms with Crippen LogP contribution in [0.15, 0.2) is 27.6 Å². The largest absolute Gasteiger partial charge is 0.396 e. The number of benzene rings is 1. The monoisotopic (exact) mass is 287 g/mol. The van der Waals surface area contributed by atoms with Crippen molar-refractivity contribution in [3.63, 3.8) is 0 Å². The third-order valence-corrected chi connectivity index (χ3v) is 4.44. The van der Waals surface area contributed by atoms with Crippen LogP contribution in [0.2, 0.25) is 0 Å². The van der Waals surface area contributed by atoms with Gasteiger partial charge in [0, 0.05) is 34.8 Å². The van der Waals surface area contributed by atoms with Crippen LogP contribution in [-0.2, 0) is 0 Å². The average molecular weight is 288 g/mol. The Kier molecular flexibility index (Phi) is 3.59. The molecule has 2 nitrogen and oxygen atoms in total. The maximum absolute atomic E-state index is 8.99. The standard InChI is InChI=1S/C11H14BrNOS/c1-13-9(4-5-14)7-15-11-3-2-8(12)6-10(11)13/h2-3,6,9,14H,4-5,7H2,1H3. The molecule has 0 amide bonds. The van der Waals surface area contributed by atoms with Crippen LogP contribution in [0.3, 0.4) is 0 Å². The van der Waals surface area contributed by atoms with Crippen LogP contribution in [0, 0.1) is 0 Å². The van der Waals surface area contributed by atoms with Crippen molar-refractivity contribution in [1.82, 2.24) is 0 Å². The number of aliphatic hydroxyl groups is 1. The summed E-state index contributed by atoms with van der Waals surface area (Å²) in [6.45, 7) is 0.263. The summed E-state index contributed by atoms with van der Waals surface area (Å²) < 4.78 is 1.11. The fraction of sp³-hybridized carbons (Fsp3) is 0.455. The highest BCUT2D eigenvalue weighted by atomic mass is 79.9. The van der Waals surface area contributed by atoms with E-state index in [4.69, 9.17) is 5.11 Å². The molecular formula is C11H14BrNOS. The first kappa shape index (κ1) is 11.3. The van der Waals surface area contributed by atoms with Crippen molar-refractivity contribution in [2.45, 2.75) is 17.4 Å². The summed E-state index contributed by atoms with van der Waals surface area (Å²) in [6, 6.07) is 6.81. The number of nitrogens with zero attached hydrogens (tertiary/aromatic N) is 1. The summed E-state index contributed by atoms with van der Waals surface area (Å²) in [7, 11) is 2.10. The van der Waals surface area contributed by atoms with Gasteiger partial charge in [0.05, 0.1) is 5.69 Å². The van der Waals surface area contributed by atoms with Gasteiger partial charge in [-0.1, -0.05) is 15.9 Å². The van der Waals surface area contributed by atoms with Crippen LogP contribution in [0.25, 0.3) is 0 Å². The van der Waals surface area contributed by atoms with Crippen LogP contribution < -0.4 is 4.90 Å². The zero-order chi connectivity index (χ0) is 10.8. The van der Waals surface area contributed by atoms with Gasteiger partial charge in [-0.15, -0.1) is 11.8 Å². The fourth-order valence-corrected chi connectivity index (χ4v) is 3.43. The summed E-state index contributed by atoms with van der Waals surface area (Å²) in [5, 5.41) is 8.99. The molecule has 0 aromatic heterocycles. The lowest BCUT2D eigenvalue weighted by atomic mass is 10.2. The summed E-state index contributed by atoms with van der Waals surface area (Å²) in [5.74, 6) is 1.06. The number of thioether (sulfide) groups is 1. The molecule has 82 valence electrons. The molecule has 0 saturated heterocycles. The topological polar surface area (TPSA) is 23.5 Å². The maximum atomic E-state index is 8.99. The second-order valence-electron chi connectivity index (χ2n) is 3.70. The average Bonchev–Trinajstić information content (AvgIpc) is 2.23. The number of halogens is 1. The van der Waals surface area contributed by atoms with E-state index in [1.54, 1.807) is 0 Å². The molecule has 1 heterocycles. The van der Waals surface area contributed by atoms with Gasteiger partial charge in [-0.3, -0.25) is 0 Å². The lowest BCUT2D eigenvalue weighted by Crippen LogP contribution is -2.37. The maximum Gasteiger partial charge on any atom is 0.0515 e. The molecule has 1 aliphatic heterocycles. The molecular weight excluding hydrogens is 274 g/mol. The Labute approximate surface area is 103 Å². The molecule has 4 heteroatoms. The van der Waals surface area contributed by atoms with Crippen LogP contribution >= 0.6 is 27.7 Å². The Hall–Kier alpha value is -0.190. The van der Waals surface area contributed by atoms with Gasteiger partial charge >= 0.3 is 0 Å². The lowest BCUT2D eigenvalue weighted by Gasteiger charge is -2.35. The molecule has 2 rings (SSSR count). The fourth-order valence-electron chi connectivity index (χ4n) is 1.81. The smallest absolute Gasteiger partial charge is 0.0515 e. The Morgan fingerprint density at radius 1 is 1.60 bits per heavy atom.